The zero-order valence-electron chi connectivity index (χ0n) is 11.4. The Morgan fingerprint density at radius 3 is 2.80 bits per heavy atom. The predicted molar refractivity (Wildman–Crippen MR) is 71.1 cm³/mol. The van der Waals surface area contributed by atoms with E-state index in [2.05, 4.69) is 5.32 Å². The minimum absolute atomic E-state index is 0.106. The van der Waals surface area contributed by atoms with Gasteiger partial charge in [-0.2, -0.15) is 0 Å². The summed E-state index contributed by atoms with van der Waals surface area (Å²) in [6.07, 6.45) is 0.683. The summed E-state index contributed by atoms with van der Waals surface area (Å²) < 4.78 is 18.4. The first-order chi connectivity index (χ1) is 9.41. The lowest BCUT2D eigenvalue weighted by molar-refractivity contribution is -0.385. The molecule has 0 aliphatic heterocycles. The summed E-state index contributed by atoms with van der Waals surface area (Å²) in [4.78, 5) is 21.9. The quantitative estimate of drug-likeness (QED) is 0.473. The fourth-order valence-electron chi connectivity index (χ4n) is 1.54. The van der Waals surface area contributed by atoms with Crippen molar-refractivity contribution in [2.24, 2.45) is 0 Å². The van der Waals surface area contributed by atoms with Crippen molar-refractivity contribution in [3.8, 4) is 0 Å². The Balaban J connectivity index is 2.59. The van der Waals surface area contributed by atoms with Gasteiger partial charge in [0.25, 0.3) is 11.6 Å². The SMILES string of the molecule is CC(C)OCCCNC(=O)c1cc(F)ccc1[N+](=O)[O-]. The van der Waals surface area contributed by atoms with Crippen LogP contribution in [0.25, 0.3) is 0 Å². The summed E-state index contributed by atoms with van der Waals surface area (Å²) in [5.74, 6) is -1.36. The molecule has 1 rings (SSSR count). The van der Waals surface area contributed by atoms with Crippen LogP contribution >= 0.6 is 0 Å². The van der Waals surface area contributed by atoms with Gasteiger partial charge in [0.05, 0.1) is 11.0 Å². The third-order valence-corrected chi connectivity index (χ3v) is 2.46. The van der Waals surface area contributed by atoms with Crippen LogP contribution in [0, 0.1) is 15.9 Å². The van der Waals surface area contributed by atoms with Crippen LogP contribution in [0.5, 0.6) is 0 Å². The minimum Gasteiger partial charge on any atom is -0.379 e. The molecule has 0 aliphatic rings. The number of amides is 1. The van der Waals surface area contributed by atoms with Crippen LogP contribution in [0.1, 0.15) is 30.6 Å². The largest absolute Gasteiger partial charge is 0.379 e. The first kappa shape index (κ1) is 16.0. The van der Waals surface area contributed by atoms with Gasteiger partial charge in [0.2, 0.25) is 0 Å². The number of hydrogen-bond acceptors (Lipinski definition) is 4. The van der Waals surface area contributed by atoms with E-state index in [1.807, 2.05) is 13.8 Å². The number of hydrogen-bond donors (Lipinski definition) is 1. The van der Waals surface area contributed by atoms with E-state index in [4.69, 9.17) is 4.74 Å². The summed E-state index contributed by atoms with van der Waals surface area (Å²) in [5.41, 5.74) is -0.692. The number of halogens is 1. The molecule has 0 aliphatic carbocycles. The van der Waals surface area contributed by atoms with Crippen LogP contribution in [-0.4, -0.2) is 30.1 Å². The molecule has 1 aromatic rings. The zero-order chi connectivity index (χ0) is 15.1. The number of nitro benzene ring substituents is 1. The average molecular weight is 284 g/mol. The molecule has 0 saturated heterocycles. The van der Waals surface area contributed by atoms with Gasteiger partial charge in [-0.3, -0.25) is 14.9 Å². The molecule has 6 nitrogen and oxygen atoms in total. The highest BCUT2D eigenvalue weighted by Crippen LogP contribution is 2.19. The number of ether oxygens (including phenoxy) is 1. The molecule has 0 spiro atoms. The Hall–Kier alpha value is -2.02. The number of benzene rings is 1. The lowest BCUT2D eigenvalue weighted by atomic mass is 10.1. The molecule has 0 heterocycles. The number of nitro groups is 1. The highest BCUT2D eigenvalue weighted by molar-refractivity contribution is 5.98. The van der Waals surface area contributed by atoms with Gasteiger partial charge in [-0.05, 0) is 32.4 Å². The standard InChI is InChI=1S/C13H17FN2O4/c1-9(2)20-7-3-6-15-13(17)11-8-10(14)4-5-12(11)16(18)19/h4-5,8-9H,3,6-7H2,1-2H3,(H,15,17). The van der Waals surface area contributed by atoms with Gasteiger partial charge >= 0.3 is 0 Å². The predicted octanol–water partition coefficient (Wildman–Crippen LogP) is 2.28. The van der Waals surface area contributed by atoms with Crippen LogP contribution in [0.15, 0.2) is 18.2 Å². The van der Waals surface area contributed by atoms with Gasteiger partial charge in [0.1, 0.15) is 11.4 Å². The van der Waals surface area contributed by atoms with E-state index in [0.717, 1.165) is 18.2 Å². The van der Waals surface area contributed by atoms with Crippen molar-refractivity contribution in [2.75, 3.05) is 13.2 Å². The van der Waals surface area contributed by atoms with E-state index >= 15 is 0 Å². The van der Waals surface area contributed by atoms with Crippen LogP contribution in [0.2, 0.25) is 0 Å². The molecule has 1 amide bonds. The van der Waals surface area contributed by atoms with E-state index in [9.17, 15) is 19.3 Å². The van der Waals surface area contributed by atoms with E-state index in [1.165, 1.54) is 0 Å². The highest BCUT2D eigenvalue weighted by Gasteiger charge is 2.20. The second-order valence-electron chi connectivity index (χ2n) is 4.45. The van der Waals surface area contributed by atoms with Crippen molar-refractivity contribution in [1.82, 2.24) is 5.32 Å². The molecule has 0 fully saturated rings. The van der Waals surface area contributed by atoms with Crippen molar-refractivity contribution in [2.45, 2.75) is 26.4 Å². The molecule has 20 heavy (non-hydrogen) atoms. The number of nitrogens with zero attached hydrogens (tertiary/aromatic N) is 1. The summed E-state index contributed by atoms with van der Waals surface area (Å²) in [7, 11) is 0. The lowest BCUT2D eigenvalue weighted by Crippen LogP contribution is -2.26. The first-order valence-corrected chi connectivity index (χ1v) is 6.25. The number of rotatable bonds is 7. The molecule has 1 N–H and O–H groups in total. The Bertz CT molecular complexity index is 491. The van der Waals surface area contributed by atoms with Crippen molar-refractivity contribution in [3.63, 3.8) is 0 Å². The second kappa shape index (κ2) is 7.54. The lowest BCUT2D eigenvalue weighted by Gasteiger charge is -2.08. The second-order valence-corrected chi connectivity index (χ2v) is 4.45. The van der Waals surface area contributed by atoms with E-state index in [0.29, 0.717) is 19.6 Å². The van der Waals surface area contributed by atoms with Gasteiger partial charge in [-0.25, -0.2) is 4.39 Å². The van der Waals surface area contributed by atoms with Gasteiger partial charge in [0, 0.05) is 19.2 Å². The summed E-state index contributed by atoms with van der Waals surface area (Å²) in [5, 5.41) is 13.3. The molecule has 110 valence electrons. The Labute approximate surface area is 116 Å². The maximum Gasteiger partial charge on any atom is 0.282 e. The normalized spacial score (nSPS) is 10.6. The van der Waals surface area contributed by atoms with Crippen molar-refractivity contribution in [1.29, 1.82) is 0 Å². The molecular formula is C13H17FN2O4. The number of carbonyl (C=O) groups excluding carboxylic acids is 1. The molecule has 0 saturated carbocycles. The maximum atomic E-state index is 13.1. The number of carbonyl (C=O) groups is 1. The molecule has 0 atom stereocenters. The van der Waals surface area contributed by atoms with E-state index < -0.39 is 22.3 Å². The van der Waals surface area contributed by atoms with Crippen LogP contribution in [-0.2, 0) is 4.74 Å². The van der Waals surface area contributed by atoms with Gasteiger partial charge < -0.3 is 10.1 Å². The summed E-state index contributed by atoms with van der Waals surface area (Å²) in [6.45, 7) is 4.58. The van der Waals surface area contributed by atoms with Crippen molar-refractivity contribution < 1.29 is 18.8 Å². The van der Waals surface area contributed by atoms with Gasteiger partial charge in [0.15, 0.2) is 0 Å². The van der Waals surface area contributed by atoms with Crippen LogP contribution < -0.4 is 5.32 Å². The van der Waals surface area contributed by atoms with Crippen LogP contribution in [0.3, 0.4) is 0 Å². The molecule has 7 heteroatoms. The Morgan fingerprint density at radius 2 is 2.20 bits per heavy atom. The smallest absolute Gasteiger partial charge is 0.282 e. The topological polar surface area (TPSA) is 81.5 Å². The van der Waals surface area contributed by atoms with Crippen molar-refractivity contribution >= 4 is 11.6 Å². The Morgan fingerprint density at radius 1 is 1.50 bits per heavy atom. The molecule has 0 unspecified atom stereocenters. The van der Waals surface area contributed by atoms with E-state index in [-0.39, 0.29) is 11.7 Å². The fourth-order valence-corrected chi connectivity index (χ4v) is 1.54. The van der Waals surface area contributed by atoms with Gasteiger partial charge in [-0.15, -0.1) is 0 Å². The minimum atomic E-state index is -0.712. The highest BCUT2D eigenvalue weighted by atomic mass is 19.1. The third-order valence-electron chi connectivity index (χ3n) is 2.46. The third kappa shape index (κ3) is 4.93. The van der Waals surface area contributed by atoms with E-state index in [1.54, 1.807) is 0 Å². The fraction of sp³-hybridized carbons (Fsp3) is 0.462. The first-order valence-electron chi connectivity index (χ1n) is 6.25. The summed E-state index contributed by atoms with van der Waals surface area (Å²) in [6, 6.07) is 2.79. The van der Waals surface area contributed by atoms with Gasteiger partial charge in [-0.1, -0.05) is 0 Å². The maximum absolute atomic E-state index is 13.1. The van der Waals surface area contributed by atoms with Crippen molar-refractivity contribution in [3.05, 3.63) is 39.7 Å². The molecule has 1 aromatic carbocycles. The Kier molecular flexibility index (Phi) is 6.05. The number of nitrogens with one attached hydrogen (secondary N) is 1. The average Bonchev–Trinajstić information content (AvgIpc) is 2.37. The molecular weight excluding hydrogens is 267 g/mol. The van der Waals surface area contributed by atoms with Crippen LogP contribution in [0.4, 0.5) is 10.1 Å². The molecule has 0 bridgehead atoms. The zero-order valence-corrected chi connectivity index (χ0v) is 11.4. The monoisotopic (exact) mass is 284 g/mol. The molecule has 0 aromatic heterocycles. The molecule has 0 radical (unpaired) electrons. The summed E-state index contributed by atoms with van der Waals surface area (Å²) >= 11 is 0.